The molecule has 0 spiro atoms. The van der Waals surface area contributed by atoms with Crippen molar-refractivity contribution in [2.75, 3.05) is 27.3 Å². The molecular weight excluding hydrogens is 342 g/mol. The van der Waals surface area contributed by atoms with Gasteiger partial charge >= 0.3 is 0 Å². The van der Waals surface area contributed by atoms with E-state index in [0.29, 0.717) is 12.3 Å². The largest absolute Gasteiger partial charge is 0.493 e. The Morgan fingerprint density at radius 3 is 2.48 bits per heavy atom. The van der Waals surface area contributed by atoms with Gasteiger partial charge in [-0.25, -0.2) is 4.99 Å². The Hall–Kier alpha value is -2.70. The van der Waals surface area contributed by atoms with Crippen molar-refractivity contribution in [3.63, 3.8) is 0 Å². The number of nitrogens with one attached hydrogen (secondary N) is 2. The summed E-state index contributed by atoms with van der Waals surface area (Å²) in [6.45, 7) is 8.38. The van der Waals surface area contributed by atoms with E-state index >= 15 is 0 Å². The third-order valence-corrected chi connectivity index (χ3v) is 4.54. The quantitative estimate of drug-likeness (QED) is 0.549. The second kappa shape index (κ2) is 9.85. The van der Waals surface area contributed by atoms with Crippen molar-refractivity contribution >= 4 is 5.96 Å². The molecular formula is C20H31N5O2. The summed E-state index contributed by atoms with van der Waals surface area (Å²) in [5.41, 5.74) is 4.65. The highest BCUT2D eigenvalue weighted by atomic mass is 16.5. The molecule has 2 rings (SSSR count). The van der Waals surface area contributed by atoms with Crippen molar-refractivity contribution in [2.24, 2.45) is 12.0 Å². The fourth-order valence-corrected chi connectivity index (χ4v) is 2.98. The summed E-state index contributed by atoms with van der Waals surface area (Å²) in [6, 6.07) is 5.85. The SMILES string of the molecule is CCNC(=NCc1ccc(OC)c(OC)c1)NCCc1c(C)nn(C)c1C. The van der Waals surface area contributed by atoms with Crippen LogP contribution in [0.15, 0.2) is 23.2 Å². The van der Waals surface area contributed by atoms with Crippen LogP contribution in [0.4, 0.5) is 0 Å². The van der Waals surface area contributed by atoms with E-state index in [9.17, 15) is 0 Å². The molecule has 0 aliphatic rings. The second-order valence-electron chi connectivity index (χ2n) is 6.33. The summed E-state index contributed by atoms with van der Waals surface area (Å²) in [4.78, 5) is 4.67. The summed E-state index contributed by atoms with van der Waals surface area (Å²) in [5.74, 6) is 2.23. The van der Waals surface area contributed by atoms with Crippen LogP contribution in [0, 0.1) is 13.8 Å². The Balaban J connectivity index is 1.99. The number of hydrogen-bond acceptors (Lipinski definition) is 4. The average molecular weight is 374 g/mol. The van der Waals surface area contributed by atoms with Crippen LogP contribution in [0.5, 0.6) is 11.5 Å². The van der Waals surface area contributed by atoms with E-state index in [2.05, 4.69) is 41.5 Å². The van der Waals surface area contributed by atoms with Gasteiger partial charge in [0.2, 0.25) is 0 Å². The van der Waals surface area contributed by atoms with E-state index in [4.69, 9.17) is 9.47 Å². The van der Waals surface area contributed by atoms with E-state index in [1.165, 1.54) is 11.3 Å². The van der Waals surface area contributed by atoms with Crippen molar-refractivity contribution in [3.8, 4) is 11.5 Å². The van der Waals surface area contributed by atoms with Crippen LogP contribution >= 0.6 is 0 Å². The molecule has 2 N–H and O–H groups in total. The van der Waals surface area contributed by atoms with Gasteiger partial charge in [0.15, 0.2) is 17.5 Å². The van der Waals surface area contributed by atoms with Gasteiger partial charge in [-0.1, -0.05) is 6.07 Å². The molecule has 0 aliphatic heterocycles. The molecule has 27 heavy (non-hydrogen) atoms. The molecule has 1 heterocycles. The maximum absolute atomic E-state index is 5.36. The third-order valence-electron chi connectivity index (χ3n) is 4.54. The van der Waals surface area contributed by atoms with Gasteiger partial charge in [-0.2, -0.15) is 5.10 Å². The number of methoxy groups -OCH3 is 2. The number of guanidine groups is 1. The molecule has 148 valence electrons. The molecule has 0 bridgehead atoms. The smallest absolute Gasteiger partial charge is 0.191 e. The zero-order valence-corrected chi connectivity index (χ0v) is 17.2. The standard InChI is InChI=1S/C20H31N5O2/c1-7-21-20(22-11-10-17-14(2)24-25(4)15(17)3)23-13-16-8-9-18(26-5)19(12-16)27-6/h8-9,12H,7,10-11,13H2,1-6H3,(H2,21,22,23). The van der Waals surface area contributed by atoms with Gasteiger partial charge in [-0.05, 0) is 50.5 Å². The molecule has 0 unspecified atom stereocenters. The van der Waals surface area contributed by atoms with Crippen LogP contribution in [0.25, 0.3) is 0 Å². The summed E-state index contributed by atoms with van der Waals surface area (Å²) in [6.07, 6.45) is 0.909. The zero-order valence-electron chi connectivity index (χ0n) is 17.2. The summed E-state index contributed by atoms with van der Waals surface area (Å²) < 4.78 is 12.6. The Labute approximate surface area is 161 Å². The first kappa shape index (κ1) is 20.6. The highest BCUT2D eigenvalue weighted by molar-refractivity contribution is 5.79. The number of aryl methyl sites for hydroxylation is 2. The van der Waals surface area contributed by atoms with Gasteiger partial charge < -0.3 is 20.1 Å². The first-order valence-corrected chi connectivity index (χ1v) is 9.22. The fraction of sp³-hybridized carbons (Fsp3) is 0.500. The predicted molar refractivity (Wildman–Crippen MR) is 109 cm³/mol. The van der Waals surface area contributed by atoms with Crippen molar-refractivity contribution in [1.29, 1.82) is 0 Å². The number of aliphatic imine (C=N–C) groups is 1. The van der Waals surface area contributed by atoms with Gasteiger partial charge in [0, 0.05) is 25.8 Å². The van der Waals surface area contributed by atoms with Gasteiger partial charge in [-0.15, -0.1) is 0 Å². The molecule has 7 nitrogen and oxygen atoms in total. The first-order chi connectivity index (χ1) is 13.0. The molecule has 0 fully saturated rings. The number of aromatic nitrogens is 2. The van der Waals surface area contributed by atoms with Crippen LogP contribution in [-0.2, 0) is 20.0 Å². The molecule has 1 aromatic carbocycles. The molecule has 1 aromatic heterocycles. The van der Waals surface area contributed by atoms with Crippen molar-refractivity contribution in [1.82, 2.24) is 20.4 Å². The number of hydrogen-bond donors (Lipinski definition) is 2. The van der Waals surface area contributed by atoms with Gasteiger partial charge in [0.1, 0.15) is 0 Å². The number of rotatable bonds is 8. The number of nitrogens with zero attached hydrogens (tertiary/aromatic N) is 3. The predicted octanol–water partition coefficient (Wildman–Crippen LogP) is 2.35. The Morgan fingerprint density at radius 1 is 1.15 bits per heavy atom. The monoisotopic (exact) mass is 373 g/mol. The van der Waals surface area contributed by atoms with Crippen molar-refractivity contribution in [3.05, 3.63) is 40.7 Å². The molecule has 2 aromatic rings. The molecule has 0 atom stereocenters. The molecule has 0 radical (unpaired) electrons. The van der Waals surface area contributed by atoms with Crippen molar-refractivity contribution < 1.29 is 9.47 Å². The fourth-order valence-electron chi connectivity index (χ4n) is 2.98. The molecule has 0 aliphatic carbocycles. The Morgan fingerprint density at radius 2 is 1.89 bits per heavy atom. The maximum Gasteiger partial charge on any atom is 0.191 e. The van der Waals surface area contributed by atoms with E-state index < -0.39 is 0 Å². The minimum absolute atomic E-state index is 0.556. The number of ether oxygens (including phenoxy) is 2. The summed E-state index contributed by atoms with van der Waals surface area (Å²) in [5, 5.41) is 11.2. The van der Waals surface area contributed by atoms with Crippen LogP contribution in [-0.4, -0.2) is 43.0 Å². The maximum atomic E-state index is 5.36. The lowest BCUT2D eigenvalue weighted by atomic mass is 10.1. The van der Waals surface area contributed by atoms with Gasteiger partial charge in [-0.3, -0.25) is 4.68 Å². The molecule has 0 saturated carbocycles. The average Bonchev–Trinajstić information content (AvgIpc) is 2.91. The normalized spacial score (nSPS) is 11.4. The first-order valence-electron chi connectivity index (χ1n) is 9.22. The zero-order chi connectivity index (χ0) is 19.8. The minimum atomic E-state index is 0.556. The minimum Gasteiger partial charge on any atom is -0.493 e. The number of benzene rings is 1. The van der Waals surface area contributed by atoms with Gasteiger partial charge in [0.05, 0.1) is 26.5 Å². The highest BCUT2D eigenvalue weighted by Gasteiger charge is 2.09. The van der Waals surface area contributed by atoms with E-state index in [0.717, 1.165) is 42.5 Å². The van der Waals surface area contributed by atoms with Crippen LogP contribution < -0.4 is 20.1 Å². The second-order valence-corrected chi connectivity index (χ2v) is 6.33. The third kappa shape index (κ3) is 5.39. The topological polar surface area (TPSA) is 72.7 Å². The van der Waals surface area contributed by atoms with Crippen molar-refractivity contribution in [2.45, 2.75) is 33.7 Å². The Bertz CT molecular complexity index is 783. The molecule has 0 saturated heterocycles. The van der Waals surface area contributed by atoms with Crippen LogP contribution in [0.2, 0.25) is 0 Å². The lowest BCUT2D eigenvalue weighted by Crippen LogP contribution is -2.38. The van der Waals surface area contributed by atoms with Gasteiger partial charge in [0.25, 0.3) is 0 Å². The molecule has 0 amide bonds. The lowest BCUT2D eigenvalue weighted by molar-refractivity contribution is 0.354. The molecule has 7 heteroatoms. The van der Waals surface area contributed by atoms with Crippen LogP contribution in [0.1, 0.15) is 29.4 Å². The highest BCUT2D eigenvalue weighted by Crippen LogP contribution is 2.27. The lowest BCUT2D eigenvalue weighted by Gasteiger charge is -2.12. The van der Waals surface area contributed by atoms with E-state index in [1.807, 2.05) is 29.9 Å². The van der Waals surface area contributed by atoms with E-state index in [-0.39, 0.29) is 0 Å². The summed E-state index contributed by atoms with van der Waals surface area (Å²) in [7, 11) is 5.25. The van der Waals surface area contributed by atoms with Crippen LogP contribution in [0.3, 0.4) is 0 Å². The van der Waals surface area contributed by atoms with E-state index in [1.54, 1.807) is 14.2 Å². The Kier molecular flexibility index (Phi) is 7.52. The summed E-state index contributed by atoms with van der Waals surface area (Å²) >= 11 is 0.